The largest absolute Gasteiger partial charge is 0.370 e. The van der Waals surface area contributed by atoms with Crippen molar-refractivity contribution in [1.29, 1.82) is 0 Å². The lowest BCUT2D eigenvalue weighted by Crippen LogP contribution is -2.18. The maximum Gasteiger partial charge on any atom is 0.229 e. The molecule has 1 amide bonds. The maximum atomic E-state index is 13.1. The Morgan fingerprint density at radius 1 is 1.23 bits per heavy atom. The normalized spacial score (nSPS) is 14.1. The summed E-state index contributed by atoms with van der Waals surface area (Å²) < 4.78 is 13.1. The molecule has 0 saturated carbocycles. The predicted molar refractivity (Wildman–Crippen MR) is 84.4 cm³/mol. The number of anilines is 2. The summed E-state index contributed by atoms with van der Waals surface area (Å²) in [5.41, 5.74) is 1.73. The molecule has 0 spiro atoms. The van der Waals surface area contributed by atoms with Crippen LogP contribution in [-0.2, 0) is 11.2 Å². The van der Waals surface area contributed by atoms with E-state index in [-0.39, 0.29) is 18.1 Å². The van der Waals surface area contributed by atoms with Gasteiger partial charge in [-0.2, -0.15) is 0 Å². The Bertz CT molecular complexity index is 651. The number of nitrogens with zero attached hydrogens (tertiary/aromatic N) is 2. The van der Waals surface area contributed by atoms with Crippen LogP contribution >= 0.6 is 0 Å². The molecule has 1 aromatic carbocycles. The molecule has 114 valence electrons. The first-order valence-corrected chi connectivity index (χ1v) is 7.46. The molecule has 2 aromatic rings. The highest BCUT2D eigenvalue weighted by Gasteiger charge is 2.12. The van der Waals surface area contributed by atoms with Crippen LogP contribution in [-0.4, -0.2) is 24.0 Å². The quantitative estimate of drug-likeness (QED) is 0.944. The summed E-state index contributed by atoms with van der Waals surface area (Å²) in [5.74, 6) is -0.0187. The SMILES string of the molecule is O=C(Cc1cccc(F)c1)Nc1ccc(N2CCCC2)cn1. The van der Waals surface area contributed by atoms with Crippen LogP contribution in [0.3, 0.4) is 0 Å². The van der Waals surface area contributed by atoms with Gasteiger partial charge in [0.05, 0.1) is 18.3 Å². The van der Waals surface area contributed by atoms with E-state index < -0.39 is 0 Å². The zero-order valence-electron chi connectivity index (χ0n) is 12.3. The van der Waals surface area contributed by atoms with Crippen molar-refractivity contribution in [2.75, 3.05) is 23.3 Å². The summed E-state index contributed by atoms with van der Waals surface area (Å²) in [4.78, 5) is 18.5. The summed E-state index contributed by atoms with van der Waals surface area (Å²) in [6.45, 7) is 2.12. The molecule has 1 saturated heterocycles. The van der Waals surface area contributed by atoms with Crippen molar-refractivity contribution in [3.8, 4) is 0 Å². The minimum Gasteiger partial charge on any atom is -0.370 e. The third-order valence-electron chi connectivity index (χ3n) is 3.74. The Labute approximate surface area is 129 Å². The third-order valence-corrected chi connectivity index (χ3v) is 3.74. The van der Waals surface area contributed by atoms with E-state index in [1.807, 2.05) is 6.07 Å². The van der Waals surface area contributed by atoms with Gasteiger partial charge in [0.1, 0.15) is 11.6 Å². The number of nitrogens with one attached hydrogen (secondary N) is 1. The molecule has 0 radical (unpaired) electrons. The number of benzene rings is 1. The molecule has 5 heteroatoms. The first kappa shape index (κ1) is 14.5. The minimum atomic E-state index is -0.335. The van der Waals surface area contributed by atoms with Gasteiger partial charge in [-0.05, 0) is 42.7 Å². The van der Waals surface area contributed by atoms with Gasteiger partial charge in [-0.3, -0.25) is 4.79 Å². The van der Waals surface area contributed by atoms with Gasteiger partial charge in [-0.25, -0.2) is 9.37 Å². The first-order chi connectivity index (χ1) is 10.7. The molecule has 0 aliphatic carbocycles. The van der Waals surface area contributed by atoms with Crippen LogP contribution in [0.1, 0.15) is 18.4 Å². The van der Waals surface area contributed by atoms with Crippen LogP contribution in [0.4, 0.5) is 15.9 Å². The van der Waals surface area contributed by atoms with Gasteiger partial charge in [0, 0.05) is 13.1 Å². The average molecular weight is 299 g/mol. The first-order valence-electron chi connectivity index (χ1n) is 7.46. The standard InChI is InChI=1S/C17H18FN3O/c18-14-5-3-4-13(10-14)11-17(22)20-16-7-6-15(12-19-16)21-8-1-2-9-21/h3-7,10,12H,1-2,8-9,11H2,(H,19,20,22). The van der Waals surface area contributed by atoms with Crippen LogP contribution in [0.15, 0.2) is 42.6 Å². The fourth-order valence-corrected chi connectivity index (χ4v) is 2.64. The number of aromatic nitrogens is 1. The fourth-order valence-electron chi connectivity index (χ4n) is 2.64. The Morgan fingerprint density at radius 3 is 2.73 bits per heavy atom. The summed E-state index contributed by atoms with van der Waals surface area (Å²) in [7, 11) is 0. The van der Waals surface area contributed by atoms with Gasteiger partial charge in [0.25, 0.3) is 0 Å². The molecule has 4 nitrogen and oxygen atoms in total. The Kier molecular flexibility index (Phi) is 4.32. The van der Waals surface area contributed by atoms with Gasteiger partial charge in [0.2, 0.25) is 5.91 Å². The maximum absolute atomic E-state index is 13.1. The van der Waals surface area contributed by atoms with Crippen LogP contribution in [0.5, 0.6) is 0 Å². The van der Waals surface area contributed by atoms with Gasteiger partial charge in [-0.1, -0.05) is 12.1 Å². The van der Waals surface area contributed by atoms with E-state index in [9.17, 15) is 9.18 Å². The lowest BCUT2D eigenvalue weighted by atomic mass is 10.1. The van der Waals surface area contributed by atoms with Crippen molar-refractivity contribution < 1.29 is 9.18 Å². The van der Waals surface area contributed by atoms with Crippen molar-refractivity contribution in [3.05, 3.63) is 54.0 Å². The van der Waals surface area contributed by atoms with Crippen molar-refractivity contribution >= 4 is 17.4 Å². The molecule has 1 N–H and O–H groups in total. The lowest BCUT2D eigenvalue weighted by Gasteiger charge is -2.17. The zero-order chi connectivity index (χ0) is 15.4. The number of pyridine rings is 1. The highest BCUT2D eigenvalue weighted by Crippen LogP contribution is 2.20. The number of carbonyl (C=O) groups excluding carboxylic acids is 1. The number of rotatable bonds is 4. The Balaban J connectivity index is 1.59. The van der Waals surface area contributed by atoms with E-state index in [0.717, 1.165) is 18.8 Å². The van der Waals surface area contributed by atoms with Crippen LogP contribution in [0.2, 0.25) is 0 Å². The van der Waals surface area contributed by atoms with Gasteiger partial charge < -0.3 is 10.2 Å². The van der Waals surface area contributed by atoms with E-state index in [0.29, 0.717) is 11.4 Å². The van der Waals surface area contributed by atoms with E-state index >= 15 is 0 Å². The van der Waals surface area contributed by atoms with Crippen molar-refractivity contribution in [3.63, 3.8) is 0 Å². The van der Waals surface area contributed by atoms with E-state index in [4.69, 9.17) is 0 Å². The van der Waals surface area contributed by atoms with Crippen molar-refractivity contribution in [2.24, 2.45) is 0 Å². The van der Waals surface area contributed by atoms with Crippen LogP contribution in [0, 0.1) is 5.82 Å². The molecule has 0 atom stereocenters. The third kappa shape index (κ3) is 3.61. The van der Waals surface area contributed by atoms with Crippen molar-refractivity contribution in [2.45, 2.75) is 19.3 Å². The predicted octanol–water partition coefficient (Wildman–Crippen LogP) is 3.00. The highest BCUT2D eigenvalue weighted by atomic mass is 19.1. The highest BCUT2D eigenvalue weighted by molar-refractivity contribution is 5.91. The van der Waals surface area contributed by atoms with E-state index in [1.54, 1.807) is 24.4 Å². The Morgan fingerprint density at radius 2 is 2.05 bits per heavy atom. The fraction of sp³-hybridized carbons (Fsp3) is 0.294. The molecule has 1 aromatic heterocycles. The zero-order valence-corrected chi connectivity index (χ0v) is 12.3. The number of amides is 1. The van der Waals surface area contributed by atoms with Crippen LogP contribution < -0.4 is 10.2 Å². The summed E-state index contributed by atoms with van der Waals surface area (Å²) in [6.07, 6.45) is 4.34. The molecule has 3 rings (SSSR count). The molecule has 22 heavy (non-hydrogen) atoms. The molecule has 1 fully saturated rings. The summed E-state index contributed by atoms with van der Waals surface area (Å²) in [5, 5.41) is 2.74. The van der Waals surface area contributed by atoms with E-state index in [1.165, 1.54) is 25.0 Å². The monoisotopic (exact) mass is 299 g/mol. The van der Waals surface area contributed by atoms with Crippen molar-refractivity contribution in [1.82, 2.24) is 4.98 Å². The Hall–Kier alpha value is -2.43. The number of hydrogen-bond donors (Lipinski definition) is 1. The molecule has 1 aliphatic heterocycles. The lowest BCUT2D eigenvalue weighted by molar-refractivity contribution is -0.115. The minimum absolute atomic E-state index is 0.132. The topological polar surface area (TPSA) is 45.2 Å². The molecular formula is C17H18FN3O. The number of hydrogen-bond acceptors (Lipinski definition) is 3. The molecule has 0 unspecified atom stereocenters. The average Bonchev–Trinajstić information content (AvgIpc) is 3.02. The second kappa shape index (κ2) is 6.56. The second-order valence-electron chi connectivity index (χ2n) is 5.45. The van der Waals surface area contributed by atoms with Gasteiger partial charge >= 0.3 is 0 Å². The van der Waals surface area contributed by atoms with E-state index in [2.05, 4.69) is 15.2 Å². The number of carbonyl (C=O) groups is 1. The molecular weight excluding hydrogens is 281 g/mol. The molecule has 0 bridgehead atoms. The molecule has 1 aliphatic rings. The second-order valence-corrected chi connectivity index (χ2v) is 5.45. The smallest absolute Gasteiger partial charge is 0.229 e. The van der Waals surface area contributed by atoms with Crippen LogP contribution in [0.25, 0.3) is 0 Å². The summed E-state index contributed by atoms with van der Waals surface area (Å²) >= 11 is 0. The summed E-state index contributed by atoms with van der Waals surface area (Å²) in [6, 6.07) is 9.82. The number of halogens is 1. The molecule has 2 heterocycles. The van der Waals surface area contributed by atoms with Gasteiger partial charge in [-0.15, -0.1) is 0 Å². The van der Waals surface area contributed by atoms with Gasteiger partial charge in [0.15, 0.2) is 0 Å².